The number of nitrogens with one attached hydrogen (secondary N) is 2. The number of hydrogen-bond acceptors (Lipinski definition) is 3. The van der Waals surface area contributed by atoms with E-state index < -0.39 is 10.8 Å². The van der Waals surface area contributed by atoms with Crippen molar-refractivity contribution in [2.75, 3.05) is 25.4 Å². The first-order valence-corrected chi connectivity index (χ1v) is 9.81. The van der Waals surface area contributed by atoms with Gasteiger partial charge in [-0.05, 0) is 40.7 Å². The summed E-state index contributed by atoms with van der Waals surface area (Å²) in [7, 11) is -0.869. The maximum absolute atomic E-state index is 12.1. The molecule has 0 spiro atoms. The highest BCUT2D eigenvalue weighted by Gasteiger charge is 2.18. The van der Waals surface area contributed by atoms with Crippen LogP contribution in [0.4, 0.5) is 0 Å². The van der Waals surface area contributed by atoms with E-state index in [1.54, 1.807) is 0 Å². The summed E-state index contributed by atoms with van der Waals surface area (Å²) in [5.74, 6) is 2.20. The van der Waals surface area contributed by atoms with Gasteiger partial charge in [0, 0.05) is 40.0 Å². The lowest BCUT2D eigenvalue weighted by Gasteiger charge is -2.18. The Labute approximate surface area is 171 Å². The molecule has 1 aromatic rings. The van der Waals surface area contributed by atoms with E-state index in [0.717, 1.165) is 23.8 Å². The molecule has 5 nitrogen and oxygen atoms in total. The fourth-order valence-corrected chi connectivity index (χ4v) is 2.90. The molecule has 0 heterocycles. The van der Waals surface area contributed by atoms with Gasteiger partial charge >= 0.3 is 0 Å². The first-order valence-electron chi connectivity index (χ1n) is 8.49. The fourth-order valence-electron chi connectivity index (χ4n) is 2.01. The van der Waals surface area contributed by atoms with E-state index in [2.05, 4.69) is 15.6 Å². The molecular formula is C18H32IN3O2S. The molecular weight excluding hydrogens is 449 g/mol. The quantitative estimate of drug-likeness (QED) is 0.340. The summed E-state index contributed by atoms with van der Waals surface area (Å²) in [6.07, 6.45) is 0. The molecule has 0 aliphatic carbocycles. The van der Waals surface area contributed by atoms with Gasteiger partial charge in [0.05, 0.1) is 13.2 Å². The molecule has 25 heavy (non-hydrogen) atoms. The largest absolute Gasteiger partial charge is 0.494 e. The lowest BCUT2D eigenvalue weighted by molar-refractivity contribution is 0.336. The molecule has 0 saturated carbocycles. The highest BCUT2D eigenvalue weighted by molar-refractivity contribution is 14.0. The molecule has 1 aromatic carbocycles. The fraction of sp³-hybridized carbons (Fsp3) is 0.611. The van der Waals surface area contributed by atoms with E-state index in [0.29, 0.717) is 25.4 Å². The first kappa shape index (κ1) is 24.2. The van der Waals surface area contributed by atoms with Crippen LogP contribution in [-0.4, -0.2) is 40.4 Å². The Kier molecular flexibility index (Phi) is 12.1. The lowest BCUT2D eigenvalue weighted by atomic mass is 10.2. The number of ether oxygens (including phenoxy) is 1. The second kappa shape index (κ2) is 12.5. The molecule has 0 aliphatic heterocycles. The Morgan fingerprint density at radius 3 is 2.48 bits per heavy atom. The zero-order valence-electron chi connectivity index (χ0n) is 15.9. The first-order chi connectivity index (χ1) is 11.4. The van der Waals surface area contributed by atoms with Crippen LogP contribution in [0.5, 0.6) is 5.75 Å². The number of nitrogens with zero attached hydrogens (tertiary/aromatic N) is 1. The van der Waals surface area contributed by atoms with Crippen molar-refractivity contribution in [1.82, 2.24) is 10.6 Å². The summed E-state index contributed by atoms with van der Waals surface area (Å²) in [5, 5.41) is 6.47. The van der Waals surface area contributed by atoms with Crippen molar-refractivity contribution >= 4 is 40.7 Å². The van der Waals surface area contributed by atoms with Crippen LogP contribution in [0.15, 0.2) is 29.3 Å². The SMILES string of the molecule is CCNC(=NCc1ccccc1OCC)NCCS(=O)C(C)(C)C.I. The van der Waals surface area contributed by atoms with Gasteiger partial charge in [-0.15, -0.1) is 24.0 Å². The third-order valence-corrected chi connectivity index (χ3v) is 5.23. The molecule has 1 unspecified atom stereocenters. The van der Waals surface area contributed by atoms with Crippen molar-refractivity contribution < 1.29 is 8.95 Å². The summed E-state index contributed by atoms with van der Waals surface area (Å²) < 4.78 is 17.5. The number of hydrogen-bond donors (Lipinski definition) is 2. The minimum atomic E-state index is -0.869. The Balaban J connectivity index is 0.00000576. The lowest BCUT2D eigenvalue weighted by Crippen LogP contribution is -2.40. The molecule has 0 bridgehead atoms. The van der Waals surface area contributed by atoms with Crippen LogP contribution in [0.2, 0.25) is 0 Å². The number of benzene rings is 1. The Bertz CT molecular complexity index is 559. The molecule has 1 rings (SSSR count). The summed E-state index contributed by atoms with van der Waals surface area (Å²) >= 11 is 0. The molecule has 0 amide bonds. The predicted octanol–water partition coefficient (Wildman–Crippen LogP) is 3.31. The number of para-hydroxylation sites is 1. The van der Waals surface area contributed by atoms with Crippen LogP contribution in [-0.2, 0) is 17.3 Å². The molecule has 144 valence electrons. The zero-order chi connectivity index (χ0) is 18.0. The number of rotatable bonds is 8. The molecule has 0 aliphatic rings. The maximum Gasteiger partial charge on any atom is 0.191 e. The Hall–Kier alpha value is -0.830. The van der Waals surface area contributed by atoms with Crippen molar-refractivity contribution in [2.45, 2.75) is 45.9 Å². The zero-order valence-corrected chi connectivity index (χ0v) is 19.1. The normalized spacial score (nSPS) is 12.9. The van der Waals surface area contributed by atoms with Crippen molar-refractivity contribution in [3.8, 4) is 5.75 Å². The molecule has 2 N–H and O–H groups in total. The maximum atomic E-state index is 12.1. The van der Waals surface area contributed by atoms with Gasteiger partial charge in [0.2, 0.25) is 0 Å². The average Bonchev–Trinajstić information content (AvgIpc) is 2.53. The van der Waals surface area contributed by atoms with Gasteiger partial charge in [-0.25, -0.2) is 4.99 Å². The minimum absolute atomic E-state index is 0. The number of aliphatic imine (C=N–C) groups is 1. The van der Waals surface area contributed by atoms with Gasteiger partial charge < -0.3 is 15.4 Å². The molecule has 1 atom stereocenters. The topological polar surface area (TPSA) is 62.7 Å². The third-order valence-electron chi connectivity index (χ3n) is 3.29. The van der Waals surface area contributed by atoms with Gasteiger partial charge in [0.15, 0.2) is 5.96 Å². The third kappa shape index (κ3) is 9.44. The minimum Gasteiger partial charge on any atom is -0.494 e. The molecule has 0 radical (unpaired) electrons. The van der Waals surface area contributed by atoms with Crippen molar-refractivity contribution in [1.29, 1.82) is 0 Å². The van der Waals surface area contributed by atoms with Crippen LogP contribution < -0.4 is 15.4 Å². The van der Waals surface area contributed by atoms with Crippen LogP contribution >= 0.6 is 24.0 Å². The standard InChI is InChI=1S/C18H31N3O2S.HI/c1-6-19-17(20-12-13-24(22)18(3,4)5)21-14-15-10-8-9-11-16(15)23-7-2;/h8-11H,6-7,12-14H2,1-5H3,(H2,19,20,21);1H. The van der Waals surface area contributed by atoms with E-state index in [1.807, 2.05) is 58.9 Å². The van der Waals surface area contributed by atoms with Gasteiger partial charge in [0.25, 0.3) is 0 Å². The highest BCUT2D eigenvalue weighted by Crippen LogP contribution is 2.18. The van der Waals surface area contributed by atoms with Crippen LogP contribution in [0.3, 0.4) is 0 Å². The van der Waals surface area contributed by atoms with Gasteiger partial charge in [-0.3, -0.25) is 4.21 Å². The van der Waals surface area contributed by atoms with Crippen molar-refractivity contribution in [3.05, 3.63) is 29.8 Å². The van der Waals surface area contributed by atoms with Crippen molar-refractivity contribution in [3.63, 3.8) is 0 Å². The van der Waals surface area contributed by atoms with Gasteiger partial charge in [-0.2, -0.15) is 0 Å². The molecule has 0 saturated heterocycles. The van der Waals surface area contributed by atoms with Crippen LogP contribution in [0.1, 0.15) is 40.2 Å². The van der Waals surface area contributed by atoms with E-state index >= 15 is 0 Å². The van der Waals surface area contributed by atoms with E-state index in [9.17, 15) is 4.21 Å². The van der Waals surface area contributed by atoms with E-state index in [-0.39, 0.29) is 28.7 Å². The summed E-state index contributed by atoms with van der Waals surface area (Å²) in [4.78, 5) is 4.60. The van der Waals surface area contributed by atoms with Crippen LogP contribution in [0, 0.1) is 0 Å². The Morgan fingerprint density at radius 2 is 1.88 bits per heavy atom. The summed E-state index contributed by atoms with van der Waals surface area (Å²) in [6, 6.07) is 7.93. The number of halogens is 1. The van der Waals surface area contributed by atoms with E-state index in [1.165, 1.54) is 0 Å². The second-order valence-corrected chi connectivity index (χ2v) is 8.65. The van der Waals surface area contributed by atoms with E-state index in [4.69, 9.17) is 4.74 Å². The van der Waals surface area contributed by atoms with Gasteiger partial charge in [0.1, 0.15) is 5.75 Å². The molecule has 0 fully saturated rings. The smallest absolute Gasteiger partial charge is 0.191 e. The summed E-state index contributed by atoms with van der Waals surface area (Å²) in [5.41, 5.74) is 1.05. The predicted molar refractivity (Wildman–Crippen MR) is 119 cm³/mol. The monoisotopic (exact) mass is 481 g/mol. The highest BCUT2D eigenvalue weighted by atomic mass is 127. The molecule has 7 heteroatoms. The van der Waals surface area contributed by atoms with Crippen molar-refractivity contribution in [2.24, 2.45) is 4.99 Å². The van der Waals surface area contributed by atoms with Gasteiger partial charge in [-0.1, -0.05) is 18.2 Å². The van der Waals surface area contributed by atoms with Crippen LogP contribution in [0.25, 0.3) is 0 Å². The Morgan fingerprint density at radius 1 is 1.20 bits per heavy atom. The second-order valence-electron chi connectivity index (χ2n) is 6.32. The summed E-state index contributed by atoms with van der Waals surface area (Å²) in [6.45, 7) is 12.6. The number of guanidine groups is 1. The molecule has 0 aromatic heterocycles. The average molecular weight is 481 g/mol.